The van der Waals surface area contributed by atoms with Gasteiger partial charge in [0, 0.05) is 43.1 Å². The Labute approximate surface area is 245 Å². The summed E-state index contributed by atoms with van der Waals surface area (Å²) in [7, 11) is 5.94. The lowest BCUT2D eigenvalue weighted by molar-refractivity contribution is 0.0987. The van der Waals surface area contributed by atoms with Gasteiger partial charge in [0.05, 0.1) is 26.8 Å². The zero-order valence-electron chi connectivity index (χ0n) is 24.0. The van der Waals surface area contributed by atoms with Gasteiger partial charge in [-0.05, 0) is 42.3 Å². The van der Waals surface area contributed by atoms with Crippen LogP contribution in [0.1, 0.15) is 21.6 Å². The maximum absolute atomic E-state index is 15.3. The molecule has 0 saturated carbocycles. The van der Waals surface area contributed by atoms with Crippen LogP contribution in [0.5, 0.6) is 29.0 Å². The average Bonchev–Trinajstić information content (AvgIpc) is 3.00. The number of carbonyl (C=O) groups is 1. The minimum Gasteiger partial charge on any atom is -0.491 e. The number of benzene rings is 2. The maximum atomic E-state index is 15.3. The number of nitrogens with zero attached hydrogens (tertiary/aromatic N) is 3. The molecule has 0 N–H and O–H groups in total. The number of halogens is 2. The fourth-order valence-corrected chi connectivity index (χ4v) is 4.83. The van der Waals surface area contributed by atoms with Crippen molar-refractivity contribution in [3.63, 3.8) is 0 Å². The van der Waals surface area contributed by atoms with E-state index in [1.807, 2.05) is 0 Å². The lowest BCUT2D eigenvalue weighted by Gasteiger charge is -2.18. The largest absolute Gasteiger partial charge is 0.491 e. The van der Waals surface area contributed by atoms with Crippen molar-refractivity contribution in [2.45, 2.75) is 13.3 Å². The Balaban J connectivity index is 1.46. The molecular weight excluding hydrogens is 560 g/mol. The first-order chi connectivity index (χ1) is 20.7. The van der Waals surface area contributed by atoms with Crippen molar-refractivity contribution in [1.29, 1.82) is 0 Å². The number of ketones is 1. The number of fused-ring (bicyclic) bond motifs is 1. The van der Waals surface area contributed by atoms with E-state index >= 15 is 4.39 Å². The highest BCUT2D eigenvalue weighted by molar-refractivity contribution is 6.00. The van der Waals surface area contributed by atoms with E-state index in [9.17, 15) is 14.0 Å². The first-order valence-corrected chi connectivity index (χ1v) is 13.1. The lowest BCUT2D eigenvalue weighted by atomic mass is 9.97. The molecule has 5 rings (SSSR count). The molecule has 5 aromatic rings. The molecule has 11 heteroatoms. The summed E-state index contributed by atoms with van der Waals surface area (Å²) < 4.78 is 52.2. The molecule has 43 heavy (non-hydrogen) atoms. The Kier molecular flexibility index (Phi) is 8.07. The molecule has 0 aliphatic carbocycles. The van der Waals surface area contributed by atoms with Crippen molar-refractivity contribution in [3.8, 4) is 40.1 Å². The van der Waals surface area contributed by atoms with E-state index in [0.717, 1.165) is 0 Å². The zero-order chi connectivity index (χ0) is 30.8. The molecule has 3 aromatic heterocycles. The lowest BCUT2D eigenvalue weighted by Crippen LogP contribution is -2.25. The Morgan fingerprint density at radius 1 is 0.907 bits per heavy atom. The van der Waals surface area contributed by atoms with E-state index < -0.39 is 22.8 Å². The van der Waals surface area contributed by atoms with E-state index in [1.165, 1.54) is 76.1 Å². The number of aromatic nitrogens is 3. The molecule has 0 atom stereocenters. The van der Waals surface area contributed by atoms with Crippen molar-refractivity contribution < 1.29 is 32.5 Å². The van der Waals surface area contributed by atoms with Gasteiger partial charge in [-0.2, -0.15) is 0 Å². The highest BCUT2D eigenvalue weighted by Gasteiger charge is 2.25. The molecule has 220 valence electrons. The zero-order valence-corrected chi connectivity index (χ0v) is 24.0. The van der Waals surface area contributed by atoms with Crippen LogP contribution in [-0.2, 0) is 13.5 Å². The predicted molar refractivity (Wildman–Crippen MR) is 156 cm³/mol. The third-order valence-corrected chi connectivity index (χ3v) is 7.04. The molecule has 3 heterocycles. The van der Waals surface area contributed by atoms with E-state index in [1.54, 1.807) is 24.6 Å². The summed E-state index contributed by atoms with van der Waals surface area (Å²) in [5, 5.41) is 0. The monoisotopic (exact) mass is 587 g/mol. The fourth-order valence-electron chi connectivity index (χ4n) is 4.83. The quantitative estimate of drug-likeness (QED) is 0.199. The van der Waals surface area contributed by atoms with Crippen molar-refractivity contribution >= 4 is 16.8 Å². The highest BCUT2D eigenvalue weighted by Crippen LogP contribution is 2.35. The third-order valence-electron chi connectivity index (χ3n) is 7.04. The Bertz CT molecular complexity index is 1920. The fraction of sp³-hybridized carbons (Fsp3) is 0.188. The van der Waals surface area contributed by atoms with Crippen molar-refractivity contribution in [3.05, 3.63) is 99.5 Å². The molecule has 0 unspecified atom stereocenters. The standard InChI is InChI=1S/C32H27F2N3O6/c1-17-27(19-7-9-20(33)10-8-19)30(39)28(32(42-5)37(17)2)23(38)15-18-6-11-24(21(34)14-18)43-25-12-13-35-22-16-26(40-3)31(41-4)36-29(22)25/h6-14,16H,15H2,1-5H3. The van der Waals surface area contributed by atoms with Gasteiger partial charge in [0.1, 0.15) is 16.9 Å². The summed E-state index contributed by atoms with van der Waals surface area (Å²) in [6.07, 6.45) is 1.21. The molecule has 2 aromatic carbocycles. The molecule has 9 nitrogen and oxygen atoms in total. The van der Waals surface area contributed by atoms with Crippen molar-refractivity contribution in [2.24, 2.45) is 7.05 Å². The van der Waals surface area contributed by atoms with Crippen molar-refractivity contribution in [1.82, 2.24) is 14.5 Å². The van der Waals surface area contributed by atoms with Gasteiger partial charge in [-0.25, -0.2) is 13.8 Å². The van der Waals surface area contributed by atoms with Crippen LogP contribution in [0.2, 0.25) is 0 Å². The predicted octanol–water partition coefficient (Wildman–Crippen LogP) is 5.83. The second-order valence-corrected chi connectivity index (χ2v) is 9.58. The topological polar surface area (TPSA) is 102 Å². The number of hydrogen-bond acceptors (Lipinski definition) is 8. The number of rotatable bonds is 9. The molecule has 0 bridgehead atoms. The highest BCUT2D eigenvalue weighted by atomic mass is 19.1. The summed E-state index contributed by atoms with van der Waals surface area (Å²) in [6.45, 7) is 1.71. The Morgan fingerprint density at radius 2 is 1.65 bits per heavy atom. The van der Waals surface area contributed by atoms with Gasteiger partial charge >= 0.3 is 0 Å². The van der Waals surface area contributed by atoms with E-state index in [4.69, 9.17) is 18.9 Å². The normalized spacial score (nSPS) is 11.0. The molecule has 0 aliphatic rings. The molecule has 0 spiro atoms. The van der Waals surface area contributed by atoms with Gasteiger partial charge in [-0.3, -0.25) is 14.6 Å². The summed E-state index contributed by atoms with van der Waals surface area (Å²) in [6, 6.07) is 12.7. The van der Waals surface area contributed by atoms with Crippen LogP contribution in [-0.4, -0.2) is 41.6 Å². The summed E-state index contributed by atoms with van der Waals surface area (Å²) in [4.78, 5) is 35.8. The van der Waals surface area contributed by atoms with Crippen LogP contribution in [0, 0.1) is 18.6 Å². The number of Topliss-reactive ketones (excluding diaryl/α,β-unsaturated/α-hetero) is 1. The Hall–Kier alpha value is -5.32. The van der Waals surface area contributed by atoms with E-state index in [2.05, 4.69) is 9.97 Å². The Morgan fingerprint density at radius 3 is 2.30 bits per heavy atom. The summed E-state index contributed by atoms with van der Waals surface area (Å²) in [5.41, 5.74) is 1.58. The van der Waals surface area contributed by atoms with Gasteiger partial charge < -0.3 is 23.5 Å². The van der Waals surface area contributed by atoms with Gasteiger partial charge in [0.15, 0.2) is 28.8 Å². The van der Waals surface area contributed by atoms with Crippen LogP contribution >= 0.6 is 0 Å². The van der Waals surface area contributed by atoms with Gasteiger partial charge in [-0.1, -0.05) is 18.2 Å². The number of hydrogen-bond donors (Lipinski definition) is 0. The second-order valence-electron chi connectivity index (χ2n) is 9.58. The minimum atomic E-state index is -0.730. The van der Waals surface area contributed by atoms with Crippen LogP contribution in [0.15, 0.2) is 65.6 Å². The van der Waals surface area contributed by atoms with Crippen LogP contribution in [0.25, 0.3) is 22.2 Å². The maximum Gasteiger partial charge on any atom is 0.257 e. The third kappa shape index (κ3) is 5.49. The number of pyridine rings is 3. The smallest absolute Gasteiger partial charge is 0.257 e. The molecule has 0 amide bonds. The van der Waals surface area contributed by atoms with Gasteiger partial charge in [0.25, 0.3) is 5.88 Å². The van der Waals surface area contributed by atoms with Crippen molar-refractivity contribution in [2.75, 3.05) is 21.3 Å². The molecule has 0 fully saturated rings. The molecule has 0 saturated heterocycles. The van der Waals surface area contributed by atoms with E-state index in [-0.39, 0.29) is 40.8 Å². The molecule has 0 aliphatic heterocycles. The summed E-state index contributed by atoms with van der Waals surface area (Å²) in [5.74, 6) is -0.968. The number of carbonyl (C=O) groups excluding carboxylic acids is 1. The minimum absolute atomic E-state index is 0.0721. The second kappa shape index (κ2) is 11.9. The van der Waals surface area contributed by atoms with Gasteiger partial charge in [-0.15, -0.1) is 0 Å². The number of methoxy groups -OCH3 is 3. The summed E-state index contributed by atoms with van der Waals surface area (Å²) >= 11 is 0. The SMILES string of the molecule is COc1cc2nccc(Oc3ccc(CC(=O)c4c(OC)n(C)c(C)c(-c5ccc(F)cc5)c4=O)cc3F)c2nc1OC. The molecular formula is C32H27F2N3O6. The van der Waals surface area contributed by atoms with E-state index in [0.29, 0.717) is 33.6 Å². The first kappa shape index (κ1) is 29.2. The number of ether oxygens (including phenoxy) is 4. The first-order valence-electron chi connectivity index (χ1n) is 13.1. The van der Waals surface area contributed by atoms with Crippen LogP contribution in [0.4, 0.5) is 8.78 Å². The van der Waals surface area contributed by atoms with Crippen LogP contribution < -0.4 is 24.4 Å². The van der Waals surface area contributed by atoms with Crippen LogP contribution in [0.3, 0.4) is 0 Å². The average molecular weight is 588 g/mol. The molecule has 0 radical (unpaired) electrons. The van der Waals surface area contributed by atoms with Gasteiger partial charge in [0.2, 0.25) is 11.3 Å².